The average molecular weight is 243 g/mol. The fourth-order valence-corrected chi connectivity index (χ4v) is 2.20. The van der Waals surface area contributed by atoms with Crippen LogP contribution in [0.4, 0.5) is 0 Å². The molecule has 0 spiro atoms. The molecule has 3 N–H and O–H groups in total. The molecule has 3 heteroatoms. The Morgan fingerprint density at radius 2 is 1.82 bits per heavy atom. The summed E-state index contributed by atoms with van der Waals surface area (Å²) < 4.78 is 5.61. The molecule has 0 aromatic heterocycles. The van der Waals surface area contributed by atoms with Crippen LogP contribution < -0.4 is 5.73 Å². The van der Waals surface area contributed by atoms with E-state index >= 15 is 0 Å². The molecule has 1 fully saturated rings. The van der Waals surface area contributed by atoms with Crippen LogP contribution in [0, 0.1) is 5.92 Å². The quantitative estimate of drug-likeness (QED) is 0.548. The topological polar surface area (TPSA) is 55.5 Å². The van der Waals surface area contributed by atoms with Gasteiger partial charge in [0.25, 0.3) is 0 Å². The Labute approximate surface area is 106 Å². The van der Waals surface area contributed by atoms with Gasteiger partial charge in [0.2, 0.25) is 0 Å². The van der Waals surface area contributed by atoms with Gasteiger partial charge in [-0.3, -0.25) is 0 Å². The predicted octanol–water partition coefficient (Wildman–Crippen LogP) is 2.46. The molecule has 0 heterocycles. The van der Waals surface area contributed by atoms with Crippen LogP contribution in [0.5, 0.6) is 0 Å². The second-order valence-electron chi connectivity index (χ2n) is 5.49. The van der Waals surface area contributed by atoms with Crippen LogP contribution in [0.15, 0.2) is 0 Å². The van der Waals surface area contributed by atoms with E-state index < -0.39 is 5.54 Å². The lowest BCUT2D eigenvalue weighted by molar-refractivity contribution is 0.0427. The first kappa shape index (κ1) is 14.9. The molecule has 1 atom stereocenters. The van der Waals surface area contributed by atoms with E-state index in [0.717, 1.165) is 25.9 Å². The summed E-state index contributed by atoms with van der Waals surface area (Å²) in [4.78, 5) is 0. The van der Waals surface area contributed by atoms with Crippen molar-refractivity contribution in [3.05, 3.63) is 0 Å². The van der Waals surface area contributed by atoms with E-state index in [0.29, 0.717) is 12.5 Å². The number of aliphatic hydroxyl groups excluding tert-OH is 1. The van der Waals surface area contributed by atoms with Crippen molar-refractivity contribution in [2.45, 2.75) is 63.8 Å². The first-order valence-electron chi connectivity index (χ1n) is 7.20. The van der Waals surface area contributed by atoms with Crippen LogP contribution in [-0.2, 0) is 4.74 Å². The largest absolute Gasteiger partial charge is 0.394 e. The maximum Gasteiger partial charge on any atom is 0.0671 e. The third-order valence-corrected chi connectivity index (χ3v) is 3.70. The maximum absolute atomic E-state index is 9.29. The molecule has 0 radical (unpaired) electrons. The summed E-state index contributed by atoms with van der Waals surface area (Å²) in [5.41, 5.74) is 5.64. The second kappa shape index (κ2) is 8.06. The van der Waals surface area contributed by atoms with Crippen molar-refractivity contribution < 1.29 is 9.84 Å². The molecule has 0 aliphatic heterocycles. The van der Waals surface area contributed by atoms with Crippen LogP contribution >= 0.6 is 0 Å². The number of unbranched alkanes of at least 4 members (excludes halogenated alkanes) is 5. The van der Waals surface area contributed by atoms with Crippen molar-refractivity contribution in [1.29, 1.82) is 0 Å². The van der Waals surface area contributed by atoms with Gasteiger partial charge in [0.1, 0.15) is 0 Å². The van der Waals surface area contributed by atoms with Gasteiger partial charge in [0, 0.05) is 6.61 Å². The van der Waals surface area contributed by atoms with Gasteiger partial charge < -0.3 is 15.6 Å². The van der Waals surface area contributed by atoms with Gasteiger partial charge in [-0.25, -0.2) is 0 Å². The summed E-state index contributed by atoms with van der Waals surface area (Å²) in [5, 5.41) is 9.29. The van der Waals surface area contributed by atoms with E-state index in [9.17, 15) is 5.11 Å². The summed E-state index contributed by atoms with van der Waals surface area (Å²) >= 11 is 0. The molecule has 0 amide bonds. The number of aliphatic hydroxyl groups is 1. The third kappa shape index (κ3) is 5.84. The van der Waals surface area contributed by atoms with E-state index in [1.165, 1.54) is 32.1 Å². The summed E-state index contributed by atoms with van der Waals surface area (Å²) in [5.74, 6) is 0.483. The third-order valence-electron chi connectivity index (χ3n) is 3.70. The number of ether oxygens (including phenoxy) is 1. The summed E-state index contributed by atoms with van der Waals surface area (Å²) in [6, 6.07) is 0. The minimum atomic E-state index is -0.470. The highest BCUT2D eigenvalue weighted by Crippen LogP contribution is 2.38. The van der Waals surface area contributed by atoms with Gasteiger partial charge in [0.15, 0.2) is 0 Å². The van der Waals surface area contributed by atoms with E-state index in [1.807, 2.05) is 0 Å². The Morgan fingerprint density at radius 3 is 2.41 bits per heavy atom. The zero-order valence-corrected chi connectivity index (χ0v) is 11.3. The lowest BCUT2D eigenvalue weighted by atomic mass is 9.97. The van der Waals surface area contributed by atoms with Crippen LogP contribution in [0.25, 0.3) is 0 Å². The van der Waals surface area contributed by atoms with Gasteiger partial charge in [0.05, 0.1) is 18.8 Å². The van der Waals surface area contributed by atoms with Crippen molar-refractivity contribution in [2.24, 2.45) is 11.7 Å². The normalized spacial score (nSPS) is 19.2. The molecular formula is C14H29NO2. The van der Waals surface area contributed by atoms with Gasteiger partial charge >= 0.3 is 0 Å². The average Bonchev–Trinajstić information content (AvgIpc) is 3.16. The molecule has 1 unspecified atom stereocenters. The summed E-state index contributed by atoms with van der Waals surface area (Å²) in [6.45, 7) is 3.59. The van der Waals surface area contributed by atoms with E-state index in [2.05, 4.69) is 6.92 Å². The molecule has 17 heavy (non-hydrogen) atoms. The van der Waals surface area contributed by atoms with Crippen LogP contribution in [0.2, 0.25) is 0 Å². The molecule has 0 aromatic rings. The fraction of sp³-hybridized carbons (Fsp3) is 1.00. The van der Waals surface area contributed by atoms with Crippen LogP contribution in [0.3, 0.4) is 0 Å². The highest BCUT2D eigenvalue weighted by molar-refractivity contribution is 4.98. The van der Waals surface area contributed by atoms with Gasteiger partial charge in [-0.2, -0.15) is 0 Å². The van der Waals surface area contributed by atoms with Gasteiger partial charge in [-0.15, -0.1) is 0 Å². The molecule has 1 aliphatic carbocycles. The molecular weight excluding hydrogens is 214 g/mol. The van der Waals surface area contributed by atoms with E-state index in [4.69, 9.17) is 10.5 Å². The fourth-order valence-electron chi connectivity index (χ4n) is 2.20. The zero-order valence-electron chi connectivity index (χ0n) is 11.3. The van der Waals surface area contributed by atoms with Crippen molar-refractivity contribution in [2.75, 3.05) is 19.8 Å². The number of nitrogens with two attached hydrogens (primary N) is 1. The lowest BCUT2D eigenvalue weighted by Gasteiger charge is -2.26. The number of hydrogen-bond acceptors (Lipinski definition) is 3. The smallest absolute Gasteiger partial charge is 0.0671 e. The number of rotatable bonds is 11. The zero-order chi connectivity index (χ0) is 12.6. The molecule has 0 bridgehead atoms. The highest BCUT2D eigenvalue weighted by atomic mass is 16.5. The van der Waals surface area contributed by atoms with Gasteiger partial charge in [-0.05, 0) is 25.2 Å². The monoisotopic (exact) mass is 243 g/mol. The summed E-state index contributed by atoms with van der Waals surface area (Å²) in [6.07, 6.45) is 9.97. The van der Waals surface area contributed by atoms with E-state index in [-0.39, 0.29) is 6.61 Å². The Morgan fingerprint density at radius 1 is 1.18 bits per heavy atom. The highest BCUT2D eigenvalue weighted by Gasteiger charge is 2.41. The standard InChI is InChI=1S/C14H29NO2/c1-2-3-4-5-6-7-10-17-12-14(15,11-16)13-8-9-13/h13,16H,2-12,15H2,1H3. The molecule has 0 saturated heterocycles. The molecule has 1 saturated carbocycles. The minimum absolute atomic E-state index is 0.0498. The molecule has 102 valence electrons. The summed E-state index contributed by atoms with van der Waals surface area (Å²) in [7, 11) is 0. The Hall–Kier alpha value is -0.120. The predicted molar refractivity (Wildman–Crippen MR) is 70.9 cm³/mol. The SMILES string of the molecule is CCCCCCCCOCC(N)(CO)C1CC1. The van der Waals surface area contributed by atoms with E-state index in [1.54, 1.807) is 0 Å². The molecule has 1 aliphatic rings. The Bertz CT molecular complexity index is 195. The van der Waals surface area contributed by atoms with Crippen molar-refractivity contribution >= 4 is 0 Å². The van der Waals surface area contributed by atoms with Crippen molar-refractivity contribution in [3.63, 3.8) is 0 Å². The van der Waals surface area contributed by atoms with Gasteiger partial charge in [-0.1, -0.05) is 39.0 Å². The molecule has 3 nitrogen and oxygen atoms in total. The first-order chi connectivity index (χ1) is 8.23. The second-order valence-corrected chi connectivity index (χ2v) is 5.49. The lowest BCUT2D eigenvalue weighted by Crippen LogP contribution is -2.50. The van der Waals surface area contributed by atoms with Crippen molar-refractivity contribution in [3.8, 4) is 0 Å². The maximum atomic E-state index is 9.29. The van der Waals surface area contributed by atoms with Crippen LogP contribution in [-0.4, -0.2) is 30.5 Å². The minimum Gasteiger partial charge on any atom is -0.394 e. The molecule has 1 rings (SSSR count). The first-order valence-corrected chi connectivity index (χ1v) is 7.20. The Balaban J connectivity index is 1.92. The van der Waals surface area contributed by atoms with Crippen LogP contribution in [0.1, 0.15) is 58.3 Å². The molecule has 0 aromatic carbocycles. The van der Waals surface area contributed by atoms with Crippen molar-refractivity contribution in [1.82, 2.24) is 0 Å². The Kier molecular flexibility index (Phi) is 7.09. The number of hydrogen-bond donors (Lipinski definition) is 2.